The molecule has 1 nitrogen and oxygen atoms in total. The van der Waals surface area contributed by atoms with E-state index in [1.807, 2.05) is 0 Å². The second-order valence-corrected chi connectivity index (χ2v) is 4.23. The molecule has 0 aromatic carbocycles. The first-order chi connectivity index (χ1) is 6.87. The predicted octanol–water partition coefficient (Wildman–Crippen LogP) is 3.93. The van der Waals surface area contributed by atoms with Gasteiger partial charge in [-0.1, -0.05) is 13.8 Å². The van der Waals surface area contributed by atoms with Gasteiger partial charge in [0.05, 0.1) is 0 Å². The molecule has 0 N–H and O–H groups in total. The predicted molar refractivity (Wildman–Crippen MR) is 45.9 cm³/mol. The van der Waals surface area contributed by atoms with Crippen LogP contribution in [0.5, 0.6) is 0 Å². The summed E-state index contributed by atoms with van der Waals surface area (Å²) in [5.74, 6) is -0.417. The first kappa shape index (κ1) is 15.5. The van der Waals surface area contributed by atoms with Crippen LogP contribution in [0.25, 0.3) is 0 Å². The van der Waals surface area contributed by atoms with Gasteiger partial charge in [0, 0.05) is 0 Å². The van der Waals surface area contributed by atoms with Crippen molar-refractivity contribution >= 4 is 0 Å². The van der Waals surface area contributed by atoms with Crippen molar-refractivity contribution in [2.24, 2.45) is 5.92 Å². The first-order valence-corrected chi connectivity index (χ1v) is 4.65. The maximum absolute atomic E-state index is 12.5. The number of halogens is 6. The quantitative estimate of drug-likeness (QED) is 0.689. The Kier molecular flexibility index (Phi) is 4.67. The summed E-state index contributed by atoms with van der Waals surface area (Å²) < 4.78 is 77.1. The standard InChI is InChI=1S/C9H14F6O/c1-6(2)4-7(3,9(13,14)15)16-5-8(10,11)12/h6H,4-5H2,1-3H3. The number of alkyl halides is 6. The van der Waals surface area contributed by atoms with Crippen LogP contribution in [0, 0.1) is 5.92 Å². The third-order valence-corrected chi connectivity index (χ3v) is 1.95. The van der Waals surface area contributed by atoms with Gasteiger partial charge >= 0.3 is 12.4 Å². The van der Waals surface area contributed by atoms with Crippen molar-refractivity contribution in [3.05, 3.63) is 0 Å². The van der Waals surface area contributed by atoms with Gasteiger partial charge in [0.2, 0.25) is 0 Å². The van der Waals surface area contributed by atoms with E-state index < -0.39 is 36.9 Å². The molecule has 1 unspecified atom stereocenters. The smallest absolute Gasteiger partial charge is 0.356 e. The Balaban J connectivity index is 4.69. The van der Waals surface area contributed by atoms with Gasteiger partial charge in [0.15, 0.2) is 5.60 Å². The van der Waals surface area contributed by atoms with Crippen molar-refractivity contribution in [1.82, 2.24) is 0 Å². The highest BCUT2D eigenvalue weighted by Crippen LogP contribution is 2.39. The molecular formula is C9H14F6O. The maximum atomic E-state index is 12.5. The minimum Gasteiger partial charge on any atom is -0.356 e. The molecule has 0 aliphatic heterocycles. The van der Waals surface area contributed by atoms with Gasteiger partial charge in [-0.2, -0.15) is 26.3 Å². The molecule has 98 valence electrons. The van der Waals surface area contributed by atoms with Crippen LogP contribution in [0.15, 0.2) is 0 Å². The topological polar surface area (TPSA) is 9.23 Å². The third-order valence-electron chi connectivity index (χ3n) is 1.95. The summed E-state index contributed by atoms with van der Waals surface area (Å²) in [6.07, 6.45) is -10.1. The zero-order chi connectivity index (χ0) is 13.2. The molecule has 0 spiro atoms. The van der Waals surface area contributed by atoms with E-state index in [4.69, 9.17) is 0 Å². The fourth-order valence-electron chi connectivity index (χ4n) is 1.28. The van der Waals surface area contributed by atoms with Gasteiger partial charge in [0.1, 0.15) is 6.61 Å². The Morgan fingerprint density at radius 2 is 1.44 bits per heavy atom. The zero-order valence-corrected chi connectivity index (χ0v) is 9.17. The lowest BCUT2D eigenvalue weighted by Crippen LogP contribution is -2.47. The number of ether oxygens (including phenoxy) is 1. The van der Waals surface area contributed by atoms with E-state index >= 15 is 0 Å². The van der Waals surface area contributed by atoms with E-state index in [1.54, 1.807) is 0 Å². The number of hydrogen-bond donors (Lipinski definition) is 0. The molecule has 0 heterocycles. The molecule has 0 rings (SSSR count). The summed E-state index contributed by atoms with van der Waals surface area (Å²) in [5.41, 5.74) is -2.75. The van der Waals surface area contributed by atoms with E-state index in [0.29, 0.717) is 6.92 Å². The molecule has 0 aliphatic carbocycles. The van der Waals surface area contributed by atoms with E-state index in [9.17, 15) is 26.3 Å². The molecule has 0 bridgehead atoms. The van der Waals surface area contributed by atoms with Crippen LogP contribution in [0.4, 0.5) is 26.3 Å². The molecule has 7 heteroatoms. The maximum Gasteiger partial charge on any atom is 0.417 e. The van der Waals surface area contributed by atoms with Gasteiger partial charge in [0.25, 0.3) is 0 Å². The summed E-state index contributed by atoms with van der Waals surface area (Å²) in [7, 11) is 0. The fourth-order valence-corrected chi connectivity index (χ4v) is 1.28. The highest BCUT2D eigenvalue weighted by Gasteiger charge is 2.53. The van der Waals surface area contributed by atoms with Crippen LogP contribution in [0.1, 0.15) is 27.2 Å². The van der Waals surface area contributed by atoms with Crippen LogP contribution in [0.2, 0.25) is 0 Å². The van der Waals surface area contributed by atoms with Gasteiger partial charge in [-0.15, -0.1) is 0 Å². The van der Waals surface area contributed by atoms with Crippen LogP contribution in [-0.2, 0) is 4.74 Å². The third kappa shape index (κ3) is 5.05. The van der Waals surface area contributed by atoms with Gasteiger partial charge in [-0.3, -0.25) is 0 Å². The Hall–Kier alpha value is -0.460. The monoisotopic (exact) mass is 252 g/mol. The second-order valence-electron chi connectivity index (χ2n) is 4.23. The summed E-state index contributed by atoms with van der Waals surface area (Å²) in [6, 6.07) is 0. The lowest BCUT2D eigenvalue weighted by Gasteiger charge is -2.33. The molecule has 0 saturated heterocycles. The molecule has 0 aromatic rings. The molecule has 1 atom stereocenters. The average Bonchev–Trinajstić information content (AvgIpc) is 1.96. The Morgan fingerprint density at radius 1 is 1.00 bits per heavy atom. The highest BCUT2D eigenvalue weighted by atomic mass is 19.4. The summed E-state index contributed by atoms with van der Waals surface area (Å²) in [4.78, 5) is 0. The molecular weight excluding hydrogens is 238 g/mol. The highest BCUT2D eigenvalue weighted by molar-refractivity contribution is 4.85. The van der Waals surface area contributed by atoms with Crippen molar-refractivity contribution in [2.45, 2.75) is 45.1 Å². The van der Waals surface area contributed by atoms with Crippen molar-refractivity contribution < 1.29 is 31.1 Å². The first-order valence-electron chi connectivity index (χ1n) is 4.65. The van der Waals surface area contributed by atoms with Gasteiger partial charge in [-0.25, -0.2) is 0 Å². The number of hydrogen-bond acceptors (Lipinski definition) is 1. The van der Waals surface area contributed by atoms with Crippen molar-refractivity contribution in [3.63, 3.8) is 0 Å². The van der Waals surface area contributed by atoms with Crippen molar-refractivity contribution in [2.75, 3.05) is 6.61 Å². The SMILES string of the molecule is CC(C)CC(C)(OCC(F)(F)F)C(F)(F)F. The van der Waals surface area contributed by atoms with Crippen LogP contribution in [-0.4, -0.2) is 24.6 Å². The summed E-state index contributed by atoms with van der Waals surface area (Å²) in [5, 5.41) is 0. The lowest BCUT2D eigenvalue weighted by atomic mass is 9.93. The molecule has 0 aromatic heterocycles. The van der Waals surface area contributed by atoms with E-state index in [1.165, 1.54) is 13.8 Å². The fraction of sp³-hybridized carbons (Fsp3) is 1.00. The van der Waals surface area contributed by atoms with Crippen LogP contribution >= 0.6 is 0 Å². The van der Waals surface area contributed by atoms with E-state index in [-0.39, 0.29) is 0 Å². The Labute approximate surface area is 89.8 Å². The lowest BCUT2D eigenvalue weighted by molar-refractivity contribution is -0.301. The number of rotatable bonds is 4. The molecule has 0 saturated carbocycles. The van der Waals surface area contributed by atoms with E-state index in [0.717, 1.165) is 0 Å². The van der Waals surface area contributed by atoms with Crippen LogP contribution in [0.3, 0.4) is 0 Å². The second kappa shape index (κ2) is 4.81. The Bertz CT molecular complexity index is 219. The van der Waals surface area contributed by atoms with Gasteiger partial charge < -0.3 is 4.74 Å². The van der Waals surface area contributed by atoms with Crippen LogP contribution < -0.4 is 0 Å². The summed E-state index contributed by atoms with van der Waals surface area (Å²) in [6.45, 7) is 1.72. The molecule has 0 radical (unpaired) electrons. The molecule has 0 fully saturated rings. The molecule has 0 amide bonds. The summed E-state index contributed by atoms with van der Waals surface area (Å²) >= 11 is 0. The Morgan fingerprint density at radius 3 is 1.69 bits per heavy atom. The normalized spacial score (nSPS) is 17.6. The largest absolute Gasteiger partial charge is 0.417 e. The molecule has 16 heavy (non-hydrogen) atoms. The minimum atomic E-state index is -4.82. The van der Waals surface area contributed by atoms with E-state index in [2.05, 4.69) is 4.74 Å². The average molecular weight is 252 g/mol. The van der Waals surface area contributed by atoms with Crippen molar-refractivity contribution in [1.29, 1.82) is 0 Å². The van der Waals surface area contributed by atoms with Gasteiger partial charge in [-0.05, 0) is 19.3 Å². The minimum absolute atomic E-state index is 0.417. The zero-order valence-electron chi connectivity index (χ0n) is 9.17. The van der Waals surface area contributed by atoms with Crippen molar-refractivity contribution in [3.8, 4) is 0 Å². The molecule has 0 aliphatic rings.